The molecule has 0 unspecified atom stereocenters. The summed E-state index contributed by atoms with van der Waals surface area (Å²) >= 11 is 0. The minimum absolute atomic E-state index is 0.00790. The van der Waals surface area contributed by atoms with E-state index in [1.54, 1.807) is 22.9 Å². The number of aryl methyl sites for hydroxylation is 1. The molecule has 9 nitrogen and oxygen atoms in total. The Morgan fingerprint density at radius 1 is 1.11 bits per heavy atom. The SMILES string of the molecule is CON(C)CCCOc1ccc(-c2ccc3ncc4c(c3c2)n(C2CCOCC2)c(=O)n4C)cn1. The van der Waals surface area contributed by atoms with E-state index in [-0.39, 0.29) is 11.7 Å². The van der Waals surface area contributed by atoms with Crippen LogP contribution in [0.25, 0.3) is 33.1 Å². The van der Waals surface area contributed by atoms with Crippen molar-refractivity contribution in [1.82, 2.24) is 24.2 Å². The fourth-order valence-electron chi connectivity index (χ4n) is 4.68. The molecule has 0 saturated carbocycles. The van der Waals surface area contributed by atoms with E-state index in [0.717, 1.165) is 58.9 Å². The summed E-state index contributed by atoms with van der Waals surface area (Å²) in [5.41, 5.74) is 4.62. The Hall–Kier alpha value is -3.27. The summed E-state index contributed by atoms with van der Waals surface area (Å²) in [7, 11) is 5.35. The van der Waals surface area contributed by atoms with Crippen molar-refractivity contribution in [2.45, 2.75) is 25.3 Å². The van der Waals surface area contributed by atoms with Crippen LogP contribution in [-0.2, 0) is 16.6 Å². The van der Waals surface area contributed by atoms with E-state index in [9.17, 15) is 4.79 Å². The molecule has 3 aromatic heterocycles. The topological polar surface area (TPSA) is 83.6 Å². The van der Waals surface area contributed by atoms with E-state index in [1.165, 1.54) is 0 Å². The van der Waals surface area contributed by atoms with Crippen molar-refractivity contribution in [3.63, 3.8) is 0 Å². The van der Waals surface area contributed by atoms with Gasteiger partial charge in [0.05, 0.1) is 36.5 Å². The highest BCUT2D eigenvalue weighted by atomic mass is 16.7. The molecule has 1 saturated heterocycles. The number of ether oxygens (including phenoxy) is 2. The lowest BCUT2D eigenvalue weighted by molar-refractivity contribution is -0.110. The molecule has 1 fully saturated rings. The Bertz CT molecular complexity index is 1370. The predicted octanol–water partition coefficient (Wildman–Crippen LogP) is 3.56. The predicted molar refractivity (Wildman–Crippen MR) is 135 cm³/mol. The molecule has 0 atom stereocenters. The van der Waals surface area contributed by atoms with Gasteiger partial charge in [0.1, 0.15) is 0 Å². The van der Waals surface area contributed by atoms with Gasteiger partial charge < -0.3 is 14.3 Å². The van der Waals surface area contributed by atoms with E-state index in [1.807, 2.05) is 49.1 Å². The molecule has 0 amide bonds. The van der Waals surface area contributed by atoms with Crippen molar-refractivity contribution in [2.24, 2.45) is 7.05 Å². The third kappa shape index (κ3) is 4.67. The van der Waals surface area contributed by atoms with Gasteiger partial charge in [0.25, 0.3) is 0 Å². The second kappa shape index (κ2) is 10.2. The standard InChI is InChI=1S/C26H31N5O4/c1-29(33-3)11-4-12-35-24-8-6-19(16-28-24)18-5-7-22-21(15-18)25-23(17-27-22)30(2)26(32)31(25)20-9-13-34-14-10-20/h5-8,15-17,20H,4,9-14H2,1-3H3. The highest BCUT2D eigenvalue weighted by Crippen LogP contribution is 2.32. The number of hydrogen-bond donors (Lipinski definition) is 0. The maximum absolute atomic E-state index is 13.2. The lowest BCUT2D eigenvalue weighted by Gasteiger charge is -2.23. The van der Waals surface area contributed by atoms with Crippen LogP contribution in [0.2, 0.25) is 0 Å². The highest BCUT2D eigenvalue weighted by molar-refractivity contribution is 6.04. The summed E-state index contributed by atoms with van der Waals surface area (Å²) in [6.07, 6.45) is 6.12. The first kappa shape index (κ1) is 23.5. The molecule has 184 valence electrons. The summed E-state index contributed by atoms with van der Waals surface area (Å²) in [5.74, 6) is 0.593. The first-order valence-electron chi connectivity index (χ1n) is 12.0. The van der Waals surface area contributed by atoms with E-state index >= 15 is 0 Å². The Balaban J connectivity index is 1.46. The van der Waals surface area contributed by atoms with Crippen molar-refractivity contribution in [3.05, 3.63) is 53.2 Å². The molecule has 0 aliphatic carbocycles. The quantitative estimate of drug-likeness (QED) is 0.283. The molecule has 0 N–H and O–H groups in total. The van der Waals surface area contributed by atoms with E-state index < -0.39 is 0 Å². The van der Waals surface area contributed by atoms with Gasteiger partial charge in [0, 0.05) is 63.1 Å². The lowest BCUT2D eigenvalue weighted by atomic mass is 10.0. The van der Waals surface area contributed by atoms with Gasteiger partial charge in [-0.1, -0.05) is 6.07 Å². The highest BCUT2D eigenvalue weighted by Gasteiger charge is 2.23. The van der Waals surface area contributed by atoms with Crippen LogP contribution in [0.4, 0.5) is 0 Å². The Morgan fingerprint density at radius 2 is 1.91 bits per heavy atom. The zero-order chi connectivity index (χ0) is 24.4. The van der Waals surface area contributed by atoms with Crippen LogP contribution in [0.15, 0.2) is 47.5 Å². The largest absolute Gasteiger partial charge is 0.478 e. The molecule has 5 rings (SSSR count). The zero-order valence-electron chi connectivity index (χ0n) is 20.4. The minimum Gasteiger partial charge on any atom is -0.478 e. The molecule has 9 heteroatoms. The van der Waals surface area contributed by atoms with Crippen molar-refractivity contribution < 1.29 is 14.3 Å². The minimum atomic E-state index is -0.00790. The summed E-state index contributed by atoms with van der Waals surface area (Å²) in [5, 5.41) is 2.73. The first-order valence-corrected chi connectivity index (χ1v) is 12.0. The number of imidazole rings is 1. The number of hydrogen-bond acceptors (Lipinski definition) is 7. The molecule has 1 aromatic carbocycles. The van der Waals surface area contributed by atoms with Crippen LogP contribution in [0.5, 0.6) is 5.88 Å². The van der Waals surface area contributed by atoms with Crippen LogP contribution < -0.4 is 10.4 Å². The van der Waals surface area contributed by atoms with Gasteiger partial charge in [-0.05, 0) is 43.0 Å². The first-order chi connectivity index (χ1) is 17.1. The van der Waals surface area contributed by atoms with Crippen molar-refractivity contribution in [2.75, 3.05) is 40.5 Å². The van der Waals surface area contributed by atoms with Crippen LogP contribution >= 0.6 is 0 Å². The third-order valence-corrected chi connectivity index (χ3v) is 6.72. The van der Waals surface area contributed by atoms with Gasteiger partial charge in [-0.15, -0.1) is 0 Å². The number of pyridine rings is 2. The fraction of sp³-hybridized carbons (Fsp3) is 0.423. The fourth-order valence-corrected chi connectivity index (χ4v) is 4.68. The number of fused-ring (bicyclic) bond motifs is 3. The zero-order valence-corrected chi connectivity index (χ0v) is 20.4. The number of hydroxylamine groups is 2. The molecule has 0 spiro atoms. The van der Waals surface area contributed by atoms with Gasteiger partial charge in [-0.25, -0.2) is 9.78 Å². The molecular formula is C26H31N5O4. The van der Waals surface area contributed by atoms with E-state index in [4.69, 9.17) is 14.3 Å². The molecule has 4 aromatic rings. The number of benzene rings is 1. The van der Waals surface area contributed by atoms with Gasteiger partial charge in [-0.2, -0.15) is 5.06 Å². The van der Waals surface area contributed by atoms with Crippen LogP contribution in [0.3, 0.4) is 0 Å². The van der Waals surface area contributed by atoms with Gasteiger partial charge in [0.2, 0.25) is 5.88 Å². The van der Waals surface area contributed by atoms with Gasteiger partial charge in [-0.3, -0.25) is 14.1 Å². The average Bonchev–Trinajstić information content (AvgIpc) is 3.17. The maximum Gasteiger partial charge on any atom is 0.329 e. The normalized spacial score (nSPS) is 14.9. The molecule has 0 radical (unpaired) electrons. The number of nitrogens with zero attached hydrogens (tertiary/aromatic N) is 5. The van der Waals surface area contributed by atoms with Crippen molar-refractivity contribution >= 4 is 21.9 Å². The molecule has 1 aliphatic rings. The second-order valence-corrected chi connectivity index (χ2v) is 8.90. The molecule has 1 aliphatic heterocycles. The number of rotatable bonds is 8. The third-order valence-electron chi connectivity index (χ3n) is 6.72. The van der Waals surface area contributed by atoms with Crippen LogP contribution in [0.1, 0.15) is 25.3 Å². The van der Waals surface area contributed by atoms with E-state index in [0.29, 0.717) is 25.7 Å². The molecule has 0 bridgehead atoms. The smallest absolute Gasteiger partial charge is 0.329 e. The summed E-state index contributed by atoms with van der Waals surface area (Å²) in [4.78, 5) is 27.4. The maximum atomic E-state index is 13.2. The van der Waals surface area contributed by atoms with Crippen LogP contribution in [-0.4, -0.2) is 64.7 Å². The van der Waals surface area contributed by atoms with Gasteiger partial charge in [0.15, 0.2) is 0 Å². The number of aromatic nitrogens is 4. The summed E-state index contributed by atoms with van der Waals surface area (Å²) in [6, 6.07) is 10.2. The molecule has 35 heavy (non-hydrogen) atoms. The molecular weight excluding hydrogens is 446 g/mol. The second-order valence-electron chi connectivity index (χ2n) is 8.90. The van der Waals surface area contributed by atoms with Crippen molar-refractivity contribution in [1.29, 1.82) is 0 Å². The average molecular weight is 478 g/mol. The van der Waals surface area contributed by atoms with Crippen LogP contribution in [0, 0.1) is 0 Å². The Morgan fingerprint density at radius 3 is 2.66 bits per heavy atom. The molecule has 4 heterocycles. The van der Waals surface area contributed by atoms with E-state index in [2.05, 4.69) is 16.0 Å². The summed E-state index contributed by atoms with van der Waals surface area (Å²) in [6.45, 7) is 2.69. The van der Waals surface area contributed by atoms with Crippen molar-refractivity contribution in [3.8, 4) is 17.0 Å². The Labute approximate surface area is 203 Å². The monoisotopic (exact) mass is 477 g/mol. The van der Waals surface area contributed by atoms with Gasteiger partial charge >= 0.3 is 5.69 Å². The Kier molecular flexibility index (Phi) is 6.81. The summed E-state index contributed by atoms with van der Waals surface area (Å²) < 4.78 is 14.9. The lowest BCUT2D eigenvalue weighted by Crippen LogP contribution is -2.29.